The maximum absolute atomic E-state index is 6.13. The van der Waals surface area contributed by atoms with Crippen molar-refractivity contribution in [2.75, 3.05) is 5.73 Å². The molecule has 11 nitrogen and oxygen atoms in total. The second-order valence-electron chi connectivity index (χ2n) is 11.5. The molecule has 0 aliphatic carbocycles. The summed E-state index contributed by atoms with van der Waals surface area (Å²) in [6.45, 7) is 9.08. The van der Waals surface area contributed by atoms with Gasteiger partial charge in [0.05, 0.1) is 57.6 Å². The van der Waals surface area contributed by atoms with E-state index in [9.17, 15) is 0 Å². The van der Waals surface area contributed by atoms with Crippen LogP contribution in [0.15, 0.2) is 99.1 Å². The van der Waals surface area contributed by atoms with Gasteiger partial charge in [-0.15, -0.1) is 0 Å². The van der Waals surface area contributed by atoms with Crippen LogP contribution < -0.4 is 5.73 Å². The topological polar surface area (TPSA) is 140 Å². The smallest absolute Gasteiger partial charge is 0.152 e. The summed E-state index contributed by atoms with van der Waals surface area (Å²) in [6.07, 6.45) is 3.65. The summed E-state index contributed by atoms with van der Waals surface area (Å²) in [5.74, 6) is 1.91. The third-order valence-electron chi connectivity index (χ3n) is 8.17. The fourth-order valence-electron chi connectivity index (χ4n) is 5.87. The Hall–Kier alpha value is -5.62. The minimum atomic E-state index is 0.411. The Bertz CT molecular complexity index is 2170. The molecule has 8 rings (SSSR count). The van der Waals surface area contributed by atoms with E-state index in [4.69, 9.17) is 14.8 Å². The van der Waals surface area contributed by atoms with Gasteiger partial charge in [-0.3, -0.25) is 0 Å². The number of anilines is 1. The van der Waals surface area contributed by atoms with Crippen LogP contribution in [-0.2, 0) is 13.1 Å². The highest BCUT2D eigenvalue weighted by atomic mass is 79.9. The van der Waals surface area contributed by atoms with Crippen molar-refractivity contribution in [2.45, 2.75) is 40.8 Å². The average molecular weight is 703 g/mol. The van der Waals surface area contributed by atoms with E-state index in [0.717, 1.165) is 79.7 Å². The summed E-state index contributed by atoms with van der Waals surface area (Å²) in [6, 6.07) is 24.6. The lowest BCUT2D eigenvalue weighted by molar-refractivity contribution is 0.393. The molecule has 0 aliphatic heterocycles. The van der Waals surface area contributed by atoms with Crippen LogP contribution in [0.2, 0.25) is 0 Å². The van der Waals surface area contributed by atoms with Crippen LogP contribution in [-0.4, -0.2) is 39.4 Å². The van der Waals surface area contributed by atoms with Gasteiger partial charge in [-0.25, -0.2) is 19.9 Å². The normalized spacial score (nSPS) is 11.3. The first kappa shape index (κ1) is 31.0. The third-order valence-corrected chi connectivity index (χ3v) is 8.72. The first-order valence-electron chi connectivity index (χ1n) is 15.3. The van der Waals surface area contributed by atoms with E-state index < -0.39 is 0 Å². The number of halogens is 1. The predicted octanol–water partition coefficient (Wildman–Crippen LogP) is 7.85. The molecular weight excluding hydrogens is 670 g/mol. The Morgan fingerprint density at radius 1 is 0.646 bits per heavy atom. The number of nitrogen functional groups attached to an aromatic ring is 1. The third kappa shape index (κ3) is 5.97. The van der Waals surface area contributed by atoms with Gasteiger partial charge in [0.1, 0.15) is 27.2 Å². The second kappa shape index (κ2) is 12.9. The molecule has 6 heterocycles. The molecule has 2 N–H and O–H groups in total. The Morgan fingerprint density at radius 2 is 1.10 bits per heavy atom. The molecule has 0 spiro atoms. The van der Waals surface area contributed by atoms with Gasteiger partial charge in [-0.2, -0.15) is 0 Å². The van der Waals surface area contributed by atoms with Gasteiger partial charge in [0.25, 0.3) is 0 Å². The maximum atomic E-state index is 6.13. The molecule has 0 radical (unpaired) electrons. The fourth-order valence-corrected chi connectivity index (χ4v) is 6.37. The van der Waals surface area contributed by atoms with Crippen LogP contribution >= 0.6 is 15.9 Å². The van der Waals surface area contributed by atoms with E-state index in [1.807, 2.05) is 82.6 Å². The molecule has 0 bridgehead atoms. The molecule has 6 aromatic heterocycles. The summed E-state index contributed by atoms with van der Waals surface area (Å²) >= 11 is 3.54. The zero-order valence-corrected chi connectivity index (χ0v) is 28.4. The summed E-state index contributed by atoms with van der Waals surface area (Å²) in [5, 5.41) is 8.03. The number of aryl methyl sites for hydroxylation is 4. The van der Waals surface area contributed by atoms with Gasteiger partial charge in [-0.05, 0) is 66.9 Å². The first-order chi connectivity index (χ1) is 23.3. The van der Waals surface area contributed by atoms with Crippen LogP contribution in [0.1, 0.15) is 34.0 Å². The van der Waals surface area contributed by atoms with E-state index in [-0.39, 0.29) is 0 Å². The number of hydrogen-bond donors (Lipinski definition) is 1. The van der Waals surface area contributed by atoms with Crippen molar-refractivity contribution in [3.63, 3.8) is 0 Å². The molecule has 0 saturated heterocycles. The lowest BCUT2D eigenvalue weighted by atomic mass is 10.1. The van der Waals surface area contributed by atoms with E-state index >= 15 is 0 Å². The molecular formula is C36H32BrN9O2. The average Bonchev–Trinajstić information content (AvgIpc) is 3.85. The van der Waals surface area contributed by atoms with Gasteiger partial charge in [0, 0.05) is 13.1 Å². The zero-order valence-electron chi connectivity index (χ0n) is 26.8. The highest BCUT2D eigenvalue weighted by Gasteiger charge is 2.18. The molecule has 0 aliphatic rings. The highest BCUT2D eigenvalue weighted by molar-refractivity contribution is 9.10. The standard InChI is InChI=1S/C18H15BrN4O.C18H17N5O/c2*1-11-16(12(2)24-22-11)14-8-15-17(18(19)21-14)20-10-23(15)9-13-6-4-3-5-7-13/h3-8,10H,9H2,1-2H3;3-8,10H,9H2,1-2H3,(H2,19,21). The van der Waals surface area contributed by atoms with Crippen molar-refractivity contribution in [3.05, 3.63) is 124 Å². The summed E-state index contributed by atoms with van der Waals surface area (Å²) in [5.41, 5.74) is 17.1. The van der Waals surface area contributed by atoms with Crippen molar-refractivity contribution in [1.82, 2.24) is 39.4 Å². The van der Waals surface area contributed by atoms with E-state index in [1.54, 1.807) is 6.33 Å². The molecule has 0 amide bonds. The number of rotatable bonds is 6. The van der Waals surface area contributed by atoms with Crippen LogP contribution in [0, 0.1) is 27.7 Å². The number of hydrogen-bond acceptors (Lipinski definition) is 9. The monoisotopic (exact) mass is 701 g/mol. The molecule has 0 unspecified atom stereocenters. The molecule has 8 aromatic rings. The number of nitrogens with two attached hydrogens (primary N) is 1. The number of nitrogens with zero attached hydrogens (tertiary/aromatic N) is 8. The molecule has 48 heavy (non-hydrogen) atoms. The van der Waals surface area contributed by atoms with Crippen molar-refractivity contribution in [3.8, 4) is 22.5 Å². The molecule has 12 heteroatoms. The summed E-state index contributed by atoms with van der Waals surface area (Å²) in [7, 11) is 0. The Balaban J connectivity index is 0.000000152. The van der Waals surface area contributed by atoms with Crippen molar-refractivity contribution in [1.29, 1.82) is 0 Å². The Morgan fingerprint density at radius 3 is 1.58 bits per heavy atom. The van der Waals surface area contributed by atoms with Gasteiger partial charge < -0.3 is 23.9 Å². The number of imidazole rings is 2. The minimum absolute atomic E-state index is 0.411. The number of aromatic nitrogens is 8. The van der Waals surface area contributed by atoms with Crippen LogP contribution in [0.25, 0.3) is 44.6 Å². The van der Waals surface area contributed by atoms with Crippen LogP contribution in [0.3, 0.4) is 0 Å². The Kier molecular flexibility index (Phi) is 8.32. The quantitative estimate of drug-likeness (QED) is 0.172. The highest BCUT2D eigenvalue weighted by Crippen LogP contribution is 2.32. The van der Waals surface area contributed by atoms with Gasteiger partial charge in [0.15, 0.2) is 5.82 Å². The molecule has 0 atom stereocenters. The Labute approximate surface area is 284 Å². The zero-order chi connectivity index (χ0) is 33.4. The first-order valence-corrected chi connectivity index (χ1v) is 16.1. The minimum Gasteiger partial charge on any atom is -0.382 e. The van der Waals surface area contributed by atoms with E-state index in [0.29, 0.717) is 11.3 Å². The summed E-state index contributed by atoms with van der Waals surface area (Å²) < 4.78 is 15.5. The molecule has 0 fully saturated rings. The lowest BCUT2D eigenvalue weighted by Crippen LogP contribution is -2.00. The molecule has 0 saturated carbocycles. The lowest BCUT2D eigenvalue weighted by Gasteiger charge is -2.07. The van der Waals surface area contributed by atoms with Gasteiger partial charge in [0.2, 0.25) is 0 Å². The fraction of sp³-hybridized carbons (Fsp3) is 0.167. The van der Waals surface area contributed by atoms with Gasteiger partial charge >= 0.3 is 0 Å². The predicted molar refractivity (Wildman–Crippen MR) is 188 cm³/mol. The van der Waals surface area contributed by atoms with E-state index in [2.05, 4.69) is 79.6 Å². The molecule has 240 valence electrons. The van der Waals surface area contributed by atoms with Crippen molar-refractivity contribution >= 4 is 43.8 Å². The van der Waals surface area contributed by atoms with Gasteiger partial charge in [-0.1, -0.05) is 71.0 Å². The number of fused-ring (bicyclic) bond motifs is 2. The van der Waals surface area contributed by atoms with Crippen LogP contribution in [0.5, 0.6) is 0 Å². The second-order valence-corrected chi connectivity index (χ2v) is 12.3. The largest absolute Gasteiger partial charge is 0.382 e. The SMILES string of the molecule is Cc1noc(C)c1-c1cc2c(ncn2Cc2ccccc2)c(Br)n1.Cc1noc(C)c1-c1cc2c(ncn2Cc2ccccc2)c(N)n1. The summed E-state index contributed by atoms with van der Waals surface area (Å²) in [4.78, 5) is 18.0. The van der Waals surface area contributed by atoms with Crippen molar-refractivity contribution < 1.29 is 9.05 Å². The maximum Gasteiger partial charge on any atom is 0.152 e. The van der Waals surface area contributed by atoms with E-state index in [1.165, 1.54) is 11.1 Å². The molecule has 2 aromatic carbocycles. The number of pyridine rings is 2. The van der Waals surface area contributed by atoms with Crippen molar-refractivity contribution in [2.24, 2.45) is 0 Å². The number of benzene rings is 2. The van der Waals surface area contributed by atoms with Crippen LogP contribution in [0.4, 0.5) is 5.82 Å².